The maximum absolute atomic E-state index is 15.5. The first-order valence-electron chi connectivity index (χ1n) is 30.9. The van der Waals surface area contributed by atoms with Crippen molar-refractivity contribution in [3.63, 3.8) is 0 Å². The number of rotatable bonds is 30. The van der Waals surface area contributed by atoms with E-state index in [9.17, 15) is 57.8 Å². The lowest BCUT2D eigenvalue weighted by Gasteiger charge is -2.35. The molecule has 89 heavy (non-hydrogen) atoms. The van der Waals surface area contributed by atoms with Gasteiger partial charge in [0.2, 0.25) is 23.6 Å². The molecule has 0 spiro atoms. The number of hydrogen-bond donors (Lipinski definition) is 4. The number of halogens is 1. The van der Waals surface area contributed by atoms with Gasteiger partial charge < -0.3 is 49.5 Å². The lowest BCUT2D eigenvalue weighted by molar-refractivity contribution is -0.172. The summed E-state index contributed by atoms with van der Waals surface area (Å²) >= 11 is 0. The van der Waals surface area contributed by atoms with E-state index in [4.69, 9.17) is 23.9 Å². The average Bonchev–Trinajstić information content (AvgIpc) is 1.67. The molecule has 9 rings (SSSR count). The first-order valence-corrected chi connectivity index (χ1v) is 30.9. The number of cyclic esters (lactones) is 1. The Bertz CT molecular complexity index is 3490. The molecular formula is C66H79FN6O16. The lowest BCUT2D eigenvalue weighted by atomic mass is 9.77. The van der Waals surface area contributed by atoms with Gasteiger partial charge in [-0.15, -0.1) is 0 Å². The third kappa shape index (κ3) is 15.1. The van der Waals surface area contributed by atoms with Crippen LogP contribution in [0.1, 0.15) is 136 Å². The molecule has 4 amide bonds. The van der Waals surface area contributed by atoms with Crippen LogP contribution in [-0.2, 0) is 98.5 Å². The summed E-state index contributed by atoms with van der Waals surface area (Å²) in [7, 11) is 1.62. The molecule has 23 heteroatoms. The molecule has 2 unspecified atom stereocenters. The van der Waals surface area contributed by atoms with Crippen molar-refractivity contribution in [1.82, 2.24) is 30.4 Å². The number of aryl methyl sites for hydroxylation is 1. The number of ketones is 5. The van der Waals surface area contributed by atoms with Crippen LogP contribution in [0.25, 0.3) is 22.3 Å². The Balaban J connectivity index is 0.670. The average molecular weight is 1230 g/mol. The number of carbonyl (C=O) groups is 10. The quantitative estimate of drug-likeness (QED) is 0.0280. The van der Waals surface area contributed by atoms with Crippen molar-refractivity contribution in [2.45, 2.75) is 135 Å². The van der Waals surface area contributed by atoms with Gasteiger partial charge in [-0.2, -0.15) is 0 Å². The highest BCUT2D eigenvalue weighted by molar-refractivity contribution is 6.09. The van der Waals surface area contributed by atoms with Gasteiger partial charge in [0.1, 0.15) is 37.2 Å². The highest BCUT2D eigenvalue weighted by Crippen LogP contribution is 2.47. The standard InChI is InChI=1S/C66H79FN6O16/c1-5-66(85)50-29-54-60-48(33-73(54)64(83)49(50)35-89-65(66)84)59-53(17-16-46-38(3)51(67)30-52(71-60)58(46)59)72(4)57(79)36-87-21-19-43(74)31-70-63(82)42(26-39-9-7-6-8-10-39)28-45(76)32-69-56(78)18-15-44(75)34-88-24-23-86-22-20-68-62(81)41-13-11-40(12-14-41)27-47-55(77)25-37(2)61(47)80/h6-10,29-30,37,40-42,47,53,85H,5,11-28,31-36H2,1-4H3,(H,68,81)(H,69,78)(H,70,82)/t37?,40?,41?,42-,47?,53+,66+/m1/s1. The number of ether oxygens (including phenoxy) is 4. The molecule has 2 fully saturated rings. The Labute approximate surface area is 514 Å². The number of nitrogens with zero attached hydrogens (tertiary/aromatic N) is 3. The summed E-state index contributed by atoms with van der Waals surface area (Å²) in [5, 5.41) is 20.1. The summed E-state index contributed by atoms with van der Waals surface area (Å²) in [4.78, 5) is 149. The number of amides is 4. The highest BCUT2D eigenvalue weighted by Gasteiger charge is 2.47. The van der Waals surface area contributed by atoms with Crippen LogP contribution in [-0.4, -0.2) is 144 Å². The number of benzene rings is 2. The molecule has 4 aromatic rings. The molecule has 2 saturated carbocycles. The normalized spacial score (nSPS) is 21.1. The molecular weight excluding hydrogens is 1150 g/mol. The van der Waals surface area contributed by atoms with Crippen LogP contribution in [0.2, 0.25) is 0 Å². The van der Waals surface area contributed by atoms with Crippen LogP contribution in [0.15, 0.2) is 47.3 Å². The minimum atomic E-state index is -2.05. The Morgan fingerprint density at radius 2 is 1.57 bits per heavy atom. The van der Waals surface area contributed by atoms with Crippen LogP contribution < -0.4 is 21.5 Å². The fourth-order valence-electron chi connectivity index (χ4n) is 13.2. The molecule has 5 atom stereocenters. The van der Waals surface area contributed by atoms with Crippen LogP contribution in [0.3, 0.4) is 0 Å². The van der Waals surface area contributed by atoms with Gasteiger partial charge >= 0.3 is 5.97 Å². The number of aromatic nitrogens is 2. The predicted octanol–water partition coefficient (Wildman–Crippen LogP) is 4.49. The van der Waals surface area contributed by atoms with Gasteiger partial charge in [-0.1, -0.05) is 44.2 Å². The second kappa shape index (κ2) is 29.3. The van der Waals surface area contributed by atoms with Crippen molar-refractivity contribution in [2.24, 2.45) is 29.6 Å². The molecule has 2 aliphatic heterocycles. The third-order valence-electron chi connectivity index (χ3n) is 18.4. The molecule has 4 N–H and O–H groups in total. The predicted molar refractivity (Wildman–Crippen MR) is 319 cm³/mol. The topological polar surface area (TPSA) is 302 Å². The number of esters is 1. The van der Waals surface area contributed by atoms with E-state index in [1.807, 2.05) is 13.0 Å². The van der Waals surface area contributed by atoms with Crippen molar-refractivity contribution in [2.75, 3.05) is 66.3 Å². The van der Waals surface area contributed by atoms with Gasteiger partial charge in [-0.05, 0) is 98.9 Å². The molecule has 4 heterocycles. The third-order valence-corrected chi connectivity index (χ3v) is 18.4. The fourth-order valence-corrected chi connectivity index (χ4v) is 13.2. The number of Topliss-reactive ketones (excluding diaryl/α,β-unsaturated/α-hetero) is 5. The van der Waals surface area contributed by atoms with Crippen molar-refractivity contribution in [1.29, 1.82) is 0 Å². The number of fused-ring (bicyclic) bond motifs is 5. The lowest BCUT2D eigenvalue weighted by Crippen LogP contribution is -2.44. The minimum Gasteiger partial charge on any atom is -0.458 e. The largest absolute Gasteiger partial charge is 0.458 e. The summed E-state index contributed by atoms with van der Waals surface area (Å²) in [6.07, 6.45) is 4.17. The minimum absolute atomic E-state index is 0.0456. The van der Waals surface area contributed by atoms with Crippen LogP contribution in [0.4, 0.5) is 4.39 Å². The fraction of sp³-hybridized carbons (Fsp3) is 0.545. The summed E-state index contributed by atoms with van der Waals surface area (Å²) in [6, 6.07) is 11.3. The first kappa shape index (κ1) is 65.7. The zero-order valence-electron chi connectivity index (χ0n) is 51.0. The number of nitrogens with one attached hydrogen (secondary N) is 3. The van der Waals surface area contributed by atoms with Crippen molar-refractivity contribution >= 4 is 69.4 Å². The summed E-state index contributed by atoms with van der Waals surface area (Å²) < 4.78 is 38.9. The molecule has 476 valence electrons. The molecule has 22 nitrogen and oxygen atoms in total. The van der Waals surface area contributed by atoms with E-state index in [1.54, 1.807) is 51.2 Å². The van der Waals surface area contributed by atoms with E-state index in [0.717, 1.165) is 24.0 Å². The van der Waals surface area contributed by atoms with Gasteiger partial charge in [0.15, 0.2) is 23.0 Å². The first-order chi connectivity index (χ1) is 42.7. The maximum Gasteiger partial charge on any atom is 0.343 e. The van der Waals surface area contributed by atoms with Crippen LogP contribution in [0.5, 0.6) is 0 Å². The smallest absolute Gasteiger partial charge is 0.343 e. The van der Waals surface area contributed by atoms with Crippen LogP contribution in [0, 0.1) is 42.3 Å². The maximum atomic E-state index is 15.5. The van der Waals surface area contributed by atoms with E-state index in [0.29, 0.717) is 84.1 Å². The molecule has 2 aromatic carbocycles. The Hall–Kier alpha value is -7.73. The second-order valence-electron chi connectivity index (χ2n) is 24.3. The highest BCUT2D eigenvalue weighted by atomic mass is 19.1. The number of pyridine rings is 2. The molecule has 0 saturated heterocycles. The molecule has 0 radical (unpaired) electrons. The molecule has 5 aliphatic rings. The van der Waals surface area contributed by atoms with E-state index >= 15 is 4.39 Å². The van der Waals surface area contributed by atoms with E-state index in [1.165, 1.54) is 15.5 Å². The Morgan fingerprint density at radius 3 is 2.30 bits per heavy atom. The summed E-state index contributed by atoms with van der Waals surface area (Å²) in [5.74, 6) is -5.37. The van der Waals surface area contributed by atoms with Gasteiger partial charge in [0.25, 0.3) is 5.56 Å². The van der Waals surface area contributed by atoms with Crippen molar-refractivity contribution < 1.29 is 76.4 Å². The molecule has 0 bridgehead atoms. The number of carbonyl (C=O) groups excluding carboxylic acids is 10. The molecule has 3 aliphatic carbocycles. The van der Waals surface area contributed by atoms with Crippen LogP contribution >= 0.6 is 0 Å². The molecule has 2 aromatic heterocycles. The zero-order valence-corrected chi connectivity index (χ0v) is 51.0. The Morgan fingerprint density at radius 1 is 0.843 bits per heavy atom. The van der Waals surface area contributed by atoms with Gasteiger partial charge in [0.05, 0.1) is 80.5 Å². The van der Waals surface area contributed by atoms with E-state index in [-0.39, 0.29) is 150 Å². The number of likely N-dealkylation sites (N-methyl/N-ethyl adjacent to an activating group) is 1. The monoisotopic (exact) mass is 1230 g/mol. The van der Waals surface area contributed by atoms with Gasteiger partial charge in [0, 0.05) is 86.0 Å². The van der Waals surface area contributed by atoms with Gasteiger partial charge in [-0.25, -0.2) is 14.2 Å². The van der Waals surface area contributed by atoms with E-state index < -0.39 is 76.7 Å². The van der Waals surface area contributed by atoms with Crippen molar-refractivity contribution in [3.05, 3.63) is 97.6 Å². The summed E-state index contributed by atoms with van der Waals surface area (Å²) in [5.41, 5.74) is 2.14. The van der Waals surface area contributed by atoms with Crippen molar-refractivity contribution in [3.8, 4) is 11.4 Å². The second-order valence-corrected chi connectivity index (χ2v) is 24.3. The van der Waals surface area contributed by atoms with Gasteiger partial charge in [-0.3, -0.25) is 47.9 Å². The number of aliphatic hydroxyl groups is 1. The zero-order chi connectivity index (χ0) is 63.7. The summed E-state index contributed by atoms with van der Waals surface area (Å²) in [6.45, 7) is 4.15. The SMILES string of the molecule is CC[C@@]1(O)C(=O)OCc2c1cc1n(c2=O)Cc2c-1nc1cc(F)c(C)c3c1c2[C@@H](N(C)C(=O)COCCC(=O)CNC(=O)[C@@H](CC(=O)CNC(=O)CCC(=O)COCCOCCNC(=O)C1CCC(CC2C(=O)CC(C)C2=O)CC1)Cc1ccccc1)CC3. The number of hydrogen-bond acceptors (Lipinski definition) is 17. The Kier molecular flexibility index (Phi) is 21.6. The van der Waals surface area contributed by atoms with E-state index in [2.05, 4.69) is 16.0 Å².